The Balaban J connectivity index is 2.22. The third-order valence-corrected chi connectivity index (χ3v) is 4.31. The van der Waals surface area contributed by atoms with Crippen LogP contribution in [0.2, 0.25) is 0 Å². The molecule has 118 valence electrons. The number of halogens is 1. The predicted molar refractivity (Wildman–Crippen MR) is 77.6 cm³/mol. The molecule has 21 heavy (non-hydrogen) atoms. The van der Waals surface area contributed by atoms with Crippen molar-refractivity contribution in [2.45, 2.75) is 24.8 Å². The monoisotopic (exact) mass is 317 g/mol. The first-order chi connectivity index (χ1) is 10.1. The SMILES string of the molecule is COCC1(c2ccc(CNS(=O)O)c(F)c2)CCOCC1. The number of methoxy groups -OCH3 is 1. The van der Waals surface area contributed by atoms with Crippen molar-refractivity contribution in [1.82, 2.24) is 4.72 Å². The number of rotatable bonds is 6. The zero-order chi connectivity index (χ0) is 15.3. The third kappa shape index (κ3) is 4.08. The molecule has 1 aliphatic heterocycles. The normalized spacial score (nSPS) is 19.4. The second kappa shape index (κ2) is 7.42. The topological polar surface area (TPSA) is 67.8 Å². The first kappa shape index (κ1) is 16.5. The Morgan fingerprint density at radius 2 is 2.19 bits per heavy atom. The van der Waals surface area contributed by atoms with E-state index >= 15 is 0 Å². The molecule has 1 aliphatic rings. The van der Waals surface area contributed by atoms with Crippen LogP contribution in [-0.2, 0) is 32.7 Å². The van der Waals surface area contributed by atoms with E-state index in [0.717, 1.165) is 18.4 Å². The highest BCUT2D eigenvalue weighted by Crippen LogP contribution is 2.35. The van der Waals surface area contributed by atoms with Crippen LogP contribution in [0.25, 0.3) is 0 Å². The van der Waals surface area contributed by atoms with Crippen LogP contribution in [0, 0.1) is 5.82 Å². The fourth-order valence-corrected chi connectivity index (χ4v) is 2.99. The van der Waals surface area contributed by atoms with Crippen LogP contribution in [0.4, 0.5) is 4.39 Å². The zero-order valence-electron chi connectivity index (χ0n) is 11.9. The Bertz CT molecular complexity index is 500. The van der Waals surface area contributed by atoms with Gasteiger partial charge in [-0.2, -0.15) is 0 Å². The lowest BCUT2D eigenvalue weighted by atomic mass is 9.74. The van der Waals surface area contributed by atoms with E-state index in [2.05, 4.69) is 4.72 Å². The molecule has 1 fully saturated rings. The second-order valence-electron chi connectivity index (χ2n) is 5.20. The maximum absolute atomic E-state index is 14.2. The molecule has 1 aromatic carbocycles. The van der Waals surface area contributed by atoms with Gasteiger partial charge in [-0.05, 0) is 24.5 Å². The minimum atomic E-state index is -2.15. The van der Waals surface area contributed by atoms with Gasteiger partial charge in [0, 0.05) is 37.8 Å². The van der Waals surface area contributed by atoms with Gasteiger partial charge in [0.2, 0.25) is 11.3 Å². The molecular weight excluding hydrogens is 297 g/mol. The van der Waals surface area contributed by atoms with E-state index < -0.39 is 11.3 Å². The average Bonchev–Trinajstić information content (AvgIpc) is 2.47. The van der Waals surface area contributed by atoms with E-state index in [9.17, 15) is 8.60 Å². The van der Waals surface area contributed by atoms with Crippen LogP contribution in [0.15, 0.2) is 18.2 Å². The minimum Gasteiger partial charge on any atom is -0.384 e. The van der Waals surface area contributed by atoms with Crippen molar-refractivity contribution >= 4 is 11.3 Å². The van der Waals surface area contributed by atoms with Crippen LogP contribution in [0.1, 0.15) is 24.0 Å². The van der Waals surface area contributed by atoms with Gasteiger partial charge in [0.15, 0.2) is 0 Å². The fourth-order valence-electron chi connectivity index (χ4n) is 2.71. The Labute approximate surface area is 126 Å². The smallest absolute Gasteiger partial charge is 0.232 e. The lowest BCUT2D eigenvalue weighted by Crippen LogP contribution is -2.38. The van der Waals surface area contributed by atoms with E-state index in [1.165, 1.54) is 6.07 Å². The van der Waals surface area contributed by atoms with Crippen LogP contribution in [0.5, 0.6) is 0 Å². The highest BCUT2D eigenvalue weighted by Gasteiger charge is 2.35. The summed E-state index contributed by atoms with van der Waals surface area (Å²) in [5.74, 6) is -0.382. The maximum atomic E-state index is 14.2. The van der Waals surface area contributed by atoms with Crippen molar-refractivity contribution < 1.29 is 22.6 Å². The Morgan fingerprint density at radius 3 is 2.76 bits per heavy atom. The van der Waals surface area contributed by atoms with Crippen molar-refractivity contribution in [3.05, 3.63) is 35.1 Å². The summed E-state index contributed by atoms with van der Waals surface area (Å²) < 4.78 is 46.4. The first-order valence-electron chi connectivity index (χ1n) is 6.77. The van der Waals surface area contributed by atoms with Gasteiger partial charge in [-0.1, -0.05) is 12.1 Å². The number of ether oxygens (including phenoxy) is 2. The van der Waals surface area contributed by atoms with Crippen molar-refractivity contribution in [3.8, 4) is 0 Å². The van der Waals surface area contributed by atoms with E-state index in [1.807, 2.05) is 6.07 Å². The van der Waals surface area contributed by atoms with Gasteiger partial charge in [0.05, 0.1) is 6.61 Å². The quantitative estimate of drug-likeness (QED) is 0.784. The Morgan fingerprint density at radius 1 is 1.48 bits per heavy atom. The lowest BCUT2D eigenvalue weighted by molar-refractivity contribution is 0.0135. The molecule has 0 saturated carbocycles. The summed E-state index contributed by atoms with van der Waals surface area (Å²) in [7, 11) is 1.64. The summed E-state index contributed by atoms with van der Waals surface area (Å²) in [5.41, 5.74) is 1.03. The molecule has 0 aromatic heterocycles. The average molecular weight is 317 g/mol. The van der Waals surface area contributed by atoms with Gasteiger partial charge in [0.25, 0.3) is 0 Å². The Kier molecular flexibility index (Phi) is 5.83. The van der Waals surface area contributed by atoms with Gasteiger partial charge in [-0.15, -0.1) is 0 Å². The van der Waals surface area contributed by atoms with Crippen molar-refractivity contribution in [2.75, 3.05) is 26.9 Å². The molecule has 5 nitrogen and oxygen atoms in total. The van der Waals surface area contributed by atoms with Crippen LogP contribution < -0.4 is 4.72 Å². The molecule has 1 atom stereocenters. The molecule has 2 N–H and O–H groups in total. The second-order valence-corrected chi connectivity index (χ2v) is 5.99. The highest BCUT2D eigenvalue weighted by molar-refractivity contribution is 7.77. The molecule has 1 unspecified atom stereocenters. The van der Waals surface area contributed by atoms with Gasteiger partial charge < -0.3 is 9.47 Å². The van der Waals surface area contributed by atoms with Crippen LogP contribution >= 0.6 is 0 Å². The van der Waals surface area contributed by atoms with Crippen molar-refractivity contribution in [3.63, 3.8) is 0 Å². The van der Waals surface area contributed by atoms with Crippen LogP contribution in [0.3, 0.4) is 0 Å². The maximum Gasteiger partial charge on any atom is 0.232 e. The van der Waals surface area contributed by atoms with Gasteiger partial charge in [-0.3, -0.25) is 4.55 Å². The zero-order valence-corrected chi connectivity index (χ0v) is 12.7. The molecule has 1 aromatic rings. The molecule has 0 aliphatic carbocycles. The standard InChI is InChI=1S/C14H20FNO4S/c1-19-10-14(4-6-20-7-5-14)12-3-2-11(13(15)8-12)9-16-21(17)18/h2-3,8,16H,4-7,9-10H2,1H3,(H,17,18). The van der Waals surface area contributed by atoms with Gasteiger partial charge >= 0.3 is 0 Å². The minimum absolute atomic E-state index is 0.00954. The Hall–Kier alpha value is -0.860. The van der Waals surface area contributed by atoms with E-state index in [-0.39, 0.29) is 17.8 Å². The third-order valence-electron chi connectivity index (χ3n) is 3.92. The predicted octanol–water partition coefficient (Wildman–Crippen LogP) is 1.75. The first-order valence-corrected chi connectivity index (χ1v) is 7.88. The summed E-state index contributed by atoms with van der Waals surface area (Å²) in [4.78, 5) is 0. The number of nitrogens with one attached hydrogen (secondary N) is 1. The lowest BCUT2D eigenvalue weighted by Gasteiger charge is -2.37. The fraction of sp³-hybridized carbons (Fsp3) is 0.571. The van der Waals surface area contributed by atoms with E-state index in [4.69, 9.17) is 14.0 Å². The molecule has 0 amide bonds. The number of hydrogen-bond donors (Lipinski definition) is 2. The van der Waals surface area contributed by atoms with E-state index in [1.54, 1.807) is 13.2 Å². The van der Waals surface area contributed by atoms with Crippen molar-refractivity contribution in [2.24, 2.45) is 0 Å². The van der Waals surface area contributed by atoms with Gasteiger partial charge in [-0.25, -0.2) is 13.3 Å². The summed E-state index contributed by atoms with van der Waals surface area (Å²) in [6, 6.07) is 5.02. The summed E-state index contributed by atoms with van der Waals surface area (Å²) in [6.45, 7) is 1.80. The molecule has 0 bridgehead atoms. The summed E-state index contributed by atoms with van der Waals surface area (Å²) in [6.07, 6.45) is 1.58. The molecule has 0 spiro atoms. The van der Waals surface area contributed by atoms with E-state index in [0.29, 0.717) is 25.4 Å². The number of hydrogen-bond acceptors (Lipinski definition) is 3. The van der Waals surface area contributed by atoms with Crippen LogP contribution in [-0.4, -0.2) is 35.7 Å². The number of benzene rings is 1. The highest BCUT2D eigenvalue weighted by atomic mass is 32.2. The largest absolute Gasteiger partial charge is 0.384 e. The van der Waals surface area contributed by atoms with Crippen molar-refractivity contribution in [1.29, 1.82) is 0 Å². The van der Waals surface area contributed by atoms with Gasteiger partial charge in [0.1, 0.15) is 5.82 Å². The molecule has 7 heteroatoms. The molecular formula is C14H20FNO4S. The molecule has 1 heterocycles. The summed E-state index contributed by atoms with van der Waals surface area (Å²) in [5, 5.41) is 0. The molecule has 2 rings (SSSR count). The molecule has 1 saturated heterocycles. The molecule has 0 radical (unpaired) electrons. The summed E-state index contributed by atoms with van der Waals surface area (Å²) >= 11 is -2.15.